The molecule has 0 aliphatic rings. The second-order valence-corrected chi connectivity index (χ2v) is 10.00. The van der Waals surface area contributed by atoms with Gasteiger partial charge in [0, 0.05) is 5.69 Å². The molecule has 0 radical (unpaired) electrons. The number of carbonyl (C=O) groups excluding carboxylic acids is 1. The van der Waals surface area contributed by atoms with Gasteiger partial charge in [-0.15, -0.1) is 0 Å². The number of aliphatic hydroxyl groups is 1. The molecule has 0 fully saturated rings. The van der Waals surface area contributed by atoms with Gasteiger partial charge < -0.3 is 15.7 Å². The van der Waals surface area contributed by atoms with E-state index in [4.69, 9.17) is 23.2 Å². The molecule has 1 atom stereocenters. The van der Waals surface area contributed by atoms with Gasteiger partial charge in [0.2, 0.25) is 0 Å². The van der Waals surface area contributed by atoms with E-state index in [1.165, 1.54) is 24.3 Å². The largest absolute Gasteiger partial charge is 0.392 e. The Balaban J connectivity index is 1.64. The summed E-state index contributed by atoms with van der Waals surface area (Å²) in [7, 11) is -3.58. The van der Waals surface area contributed by atoms with Gasteiger partial charge in [-0.1, -0.05) is 59.6 Å². The van der Waals surface area contributed by atoms with Crippen LogP contribution in [0, 0.1) is 0 Å². The SMILES string of the molecule is C[C@H](NC(=O)Nc1ccc(S(=O)(=O)Cc2cccc(CO)c2)cc1)c1cccc(Cl)c1Cl. The first-order chi connectivity index (χ1) is 15.2. The molecule has 2 amide bonds. The number of rotatable bonds is 7. The van der Waals surface area contributed by atoms with Crippen molar-refractivity contribution in [2.45, 2.75) is 30.2 Å². The Morgan fingerprint density at radius 3 is 2.34 bits per heavy atom. The van der Waals surface area contributed by atoms with Crippen LogP contribution in [-0.4, -0.2) is 19.6 Å². The van der Waals surface area contributed by atoms with E-state index in [1.54, 1.807) is 49.4 Å². The first-order valence-electron chi connectivity index (χ1n) is 9.72. The van der Waals surface area contributed by atoms with Crippen molar-refractivity contribution in [1.29, 1.82) is 0 Å². The van der Waals surface area contributed by atoms with Crippen LogP contribution >= 0.6 is 23.2 Å². The molecule has 6 nitrogen and oxygen atoms in total. The smallest absolute Gasteiger partial charge is 0.319 e. The molecule has 3 rings (SSSR count). The van der Waals surface area contributed by atoms with Crippen LogP contribution in [0.2, 0.25) is 10.0 Å². The van der Waals surface area contributed by atoms with Crippen LogP contribution in [0.4, 0.5) is 10.5 Å². The van der Waals surface area contributed by atoms with E-state index in [0.717, 1.165) is 0 Å². The predicted molar refractivity (Wildman–Crippen MR) is 127 cm³/mol. The lowest BCUT2D eigenvalue weighted by Crippen LogP contribution is -2.31. The number of sulfone groups is 1. The minimum absolute atomic E-state index is 0.136. The van der Waals surface area contributed by atoms with Crippen molar-refractivity contribution in [3.63, 3.8) is 0 Å². The fourth-order valence-corrected chi connectivity index (χ4v) is 4.97. The molecular formula is C23H22Cl2N2O4S. The van der Waals surface area contributed by atoms with Gasteiger partial charge >= 0.3 is 6.03 Å². The number of benzene rings is 3. The third kappa shape index (κ3) is 6.01. The first-order valence-corrected chi connectivity index (χ1v) is 12.1. The Hall–Kier alpha value is -2.58. The summed E-state index contributed by atoms with van der Waals surface area (Å²) in [6.45, 7) is 1.62. The van der Waals surface area contributed by atoms with Crippen molar-refractivity contribution < 1.29 is 18.3 Å². The summed E-state index contributed by atoms with van der Waals surface area (Å²) in [5, 5.41) is 15.4. The van der Waals surface area contributed by atoms with Gasteiger partial charge in [0.1, 0.15) is 0 Å². The topological polar surface area (TPSA) is 95.5 Å². The normalized spacial score (nSPS) is 12.2. The van der Waals surface area contributed by atoms with Crippen LogP contribution in [-0.2, 0) is 22.2 Å². The van der Waals surface area contributed by atoms with E-state index >= 15 is 0 Å². The molecule has 3 aromatic rings. The Morgan fingerprint density at radius 1 is 1.00 bits per heavy atom. The molecule has 0 spiro atoms. The Kier molecular flexibility index (Phi) is 7.79. The predicted octanol–water partition coefficient (Wildman–Crippen LogP) is 5.34. The number of nitrogens with one attached hydrogen (secondary N) is 2. The third-order valence-electron chi connectivity index (χ3n) is 4.80. The molecule has 0 heterocycles. The average molecular weight is 493 g/mol. The van der Waals surface area contributed by atoms with E-state index in [9.17, 15) is 18.3 Å². The van der Waals surface area contributed by atoms with E-state index in [-0.39, 0.29) is 17.3 Å². The summed E-state index contributed by atoms with van der Waals surface area (Å²) in [6.07, 6.45) is 0. The van der Waals surface area contributed by atoms with Crippen LogP contribution in [0.25, 0.3) is 0 Å². The monoisotopic (exact) mass is 492 g/mol. The molecule has 0 unspecified atom stereocenters. The van der Waals surface area contributed by atoms with Crippen molar-refractivity contribution in [3.05, 3.63) is 93.5 Å². The fourth-order valence-electron chi connectivity index (χ4n) is 3.16. The number of carbonyl (C=O) groups is 1. The number of aliphatic hydroxyl groups excluding tert-OH is 1. The van der Waals surface area contributed by atoms with Crippen LogP contribution in [0.15, 0.2) is 71.6 Å². The zero-order chi connectivity index (χ0) is 23.3. The van der Waals surface area contributed by atoms with Crippen molar-refractivity contribution in [1.82, 2.24) is 5.32 Å². The van der Waals surface area contributed by atoms with E-state index in [1.807, 2.05) is 0 Å². The molecule has 32 heavy (non-hydrogen) atoms. The maximum Gasteiger partial charge on any atom is 0.319 e. The maximum absolute atomic E-state index is 12.7. The molecule has 0 aliphatic heterocycles. The highest BCUT2D eigenvalue weighted by molar-refractivity contribution is 7.90. The molecule has 3 aromatic carbocycles. The highest BCUT2D eigenvalue weighted by atomic mass is 35.5. The van der Waals surface area contributed by atoms with Gasteiger partial charge in [0.15, 0.2) is 9.84 Å². The maximum atomic E-state index is 12.7. The van der Waals surface area contributed by atoms with E-state index in [0.29, 0.717) is 32.4 Å². The minimum atomic E-state index is -3.58. The average Bonchev–Trinajstić information content (AvgIpc) is 2.75. The lowest BCUT2D eigenvalue weighted by Gasteiger charge is -2.17. The number of urea groups is 1. The van der Waals surface area contributed by atoms with Gasteiger partial charge in [-0.3, -0.25) is 0 Å². The number of hydrogen-bond donors (Lipinski definition) is 3. The summed E-state index contributed by atoms with van der Waals surface area (Å²) >= 11 is 12.2. The summed E-state index contributed by atoms with van der Waals surface area (Å²) < 4.78 is 25.4. The lowest BCUT2D eigenvalue weighted by atomic mass is 10.1. The van der Waals surface area contributed by atoms with Crippen LogP contribution in [0.5, 0.6) is 0 Å². The fraction of sp³-hybridized carbons (Fsp3) is 0.174. The van der Waals surface area contributed by atoms with Gasteiger partial charge in [-0.05, 0) is 53.9 Å². The highest BCUT2D eigenvalue weighted by Crippen LogP contribution is 2.29. The van der Waals surface area contributed by atoms with Gasteiger partial charge in [0.25, 0.3) is 0 Å². The minimum Gasteiger partial charge on any atom is -0.392 e. The molecule has 0 saturated heterocycles. The van der Waals surface area contributed by atoms with Crippen molar-refractivity contribution in [2.24, 2.45) is 0 Å². The van der Waals surface area contributed by atoms with Crippen LogP contribution in [0.3, 0.4) is 0 Å². The van der Waals surface area contributed by atoms with Gasteiger partial charge in [-0.2, -0.15) is 0 Å². The van der Waals surface area contributed by atoms with Crippen molar-refractivity contribution in [2.75, 3.05) is 5.32 Å². The second-order valence-electron chi connectivity index (χ2n) is 7.22. The number of halogens is 2. The Morgan fingerprint density at radius 2 is 1.66 bits per heavy atom. The number of hydrogen-bond acceptors (Lipinski definition) is 4. The zero-order valence-corrected chi connectivity index (χ0v) is 19.5. The summed E-state index contributed by atoms with van der Waals surface area (Å²) in [5.74, 6) is -0.188. The molecule has 0 bridgehead atoms. The number of anilines is 1. The van der Waals surface area contributed by atoms with Crippen molar-refractivity contribution in [3.8, 4) is 0 Å². The van der Waals surface area contributed by atoms with E-state index in [2.05, 4.69) is 10.6 Å². The van der Waals surface area contributed by atoms with Crippen molar-refractivity contribution >= 4 is 44.8 Å². The molecule has 0 aliphatic carbocycles. The van der Waals surface area contributed by atoms with Gasteiger partial charge in [0.05, 0.1) is 33.3 Å². The first kappa shape index (κ1) is 24.1. The Bertz CT molecular complexity index is 1210. The molecule has 168 valence electrons. The Labute approximate surface area is 197 Å². The molecule has 0 saturated carbocycles. The summed E-state index contributed by atoms with van der Waals surface area (Å²) in [5.41, 5.74) is 2.36. The molecule has 3 N–H and O–H groups in total. The second kappa shape index (κ2) is 10.4. The molecule has 0 aromatic heterocycles. The third-order valence-corrected chi connectivity index (χ3v) is 7.33. The summed E-state index contributed by atoms with van der Waals surface area (Å²) in [4.78, 5) is 12.5. The van der Waals surface area contributed by atoms with Gasteiger partial charge in [-0.25, -0.2) is 13.2 Å². The number of amides is 2. The summed E-state index contributed by atoms with van der Waals surface area (Å²) in [6, 6.07) is 17.0. The highest BCUT2D eigenvalue weighted by Gasteiger charge is 2.17. The standard InChI is InChI=1S/C23H22Cl2N2O4S/c1-15(20-6-3-7-21(24)22(20)25)26-23(29)27-18-8-10-19(11-9-18)32(30,31)14-17-5-2-4-16(12-17)13-28/h2-12,15,28H,13-14H2,1H3,(H2,26,27,29)/t15-/m0/s1. The molecular weight excluding hydrogens is 471 g/mol. The zero-order valence-electron chi connectivity index (χ0n) is 17.2. The van der Waals surface area contributed by atoms with Crippen LogP contribution < -0.4 is 10.6 Å². The quantitative estimate of drug-likeness (QED) is 0.414. The lowest BCUT2D eigenvalue weighted by molar-refractivity contribution is 0.249. The molecule has 9 heteroatoms. The van der Waals surface area contributed by atoms with Crippen LogP contribution in [0.1, 0.15) is 29.7 Å². The van der Waals surface area contributed by atoms with E-state index < -0.39 is 21.9 Å².